The fraction of sp³-hybridized carbons (Fsp3) is 0.653. The summed E-state index contributed by atoms with van der Waals surface area (Å²) in [4.78, 5) is 254. The van der Waals surface area contributed by atoms with Gasteiger partial charge in [0.15, 0.2) is 5.96 Å². The summed E-state index contributed by atoms with van der Waals surface area (Å²) >= 11 is 0. The number of carboxylic acids is 1. The molecular weight excluding hydrogens is 1640 g/mol. The number of rotatable bonds is 59. The second-order valence-electron chi connectivity index (χ2n) is 29.9. The number of phenols is 1. The van der Waals surface area contributed by atoms with Gasteiger partial charge in [-0.2, -0.15) is 0 Å². The molecule has 698 valence electrons. The summed E-state index contributed by atoms with van der Waals surface area (Å²) in [5.41, 5.74) is 22.6. The highest BCUT2D eigenvalue weighted by Crippen LogP contribution is 2.16. The molecule has 18 amide bonds. The van der Waals surface area contributed by atoms with Crippen molar-refractivity contribution in [2.24, 2.45) is 51.6 Å². The minimum absolute atomic E-state index is 0.0214. The van der Waals surface area contributed by atoms with E-state index in [0.29, 0.717) is 31.2 Å². The number of nitrogens with two attached hydrogens (primary N) is 4. The molecule has 0 saturated carbocycles. The van der Waals surface area contributed by atoms with Crippen LogP contribution < -0.4 is 119 Å². The lowest BCUT2D eigenvalue weighted by atomic mass is 9.96. The summed E-state index contributed by atoms with van der Waals surface area (Å²) in [6.07, 6.45) is -0.0757. The van der Waals surface area contributed by atoms with E-state index >= 15 is 0 Å². The smallest absolute Gasteiger partial charge is 0.326 e. The number of aliphatic hydroxyl groups is 5. The summed E-state index contributed by atoms with van der Waals surface area (Å²) in [6.45, 7) is 6.68. The van der Waals surface area contributed by atoms with Crippen LogP contribution in [-0.4, -0.2) is 317 Å². The third-order valence-electron chi connectivity index (χ3n) is 18.8. The standard InChI is InChI=1S/C75H127N23O26/c1-11-38(7)59(96-62(111)40(9)87-63(112)44(77)16-15-23-80-75(78)79)71(120)86-29-55(108)82-26-52(105)83-30-56(109)88-46(24-36(3)4)65(114)92-49(33-100)67(116)94-50(34-101)68(117)95-58(37(5)6)70(119)85-28-54(107)81-27-53(106)84-31-57(110)89-48(32-99)66(115)93-51(35-102)69(118)98-61(41(10)103)73(122)97-60(39(8)12-2)72(121)90-45(17-13-14-22-76)64(113)91-47(74(123)124)25-42-18-20-43(104)21-19-42/h18-21,36-41,44-51,58-61,99-104H,11-17,22-35,76-77H2,1-10H3,(H,81,107)(H,82,108)(H,83,105)(H,84,106)(H,85,119)(H,86,120)(H,87,112)(H,88,109)(H,89,110)(H,90,121)(H,91,113)(H,92,114)(H,93,115)(H,94,116)(H,95,117)(H,96,111)(H,97,122)(H,98,118)(H,123,124)(H4,78,79,80)/t38-,39-,40-,41+,44-,45-,46-,47-,48-,49-,50-,51-,58-,59-,60-,61-/m0/s1. The van der Waals surface area contributed by atoms with E-state index in [4.69, 9.17) is 22.9 Å². The van der Waals surface area contributed by atoms with E-state index in [9.17, 15) is 127 Å². The number of unbranched alkanes of at least 4 members (excludes halogenated alkanes) is 1. The summed E-state index contributed by atoms with van der Waals surface area (Å²) < 4.78 is 0. The highest BCUT2D eigenvalue weighted by molar-refractivity contribution is 6.00. The molecule has 0 radical (unpaired) electrons. The maximum atomic E-state index is 14.0. The average Bonchev–Trinajstić information content (AvgIpc) is 0.837. The van der Waals surface area contributed by atoms with E-state index in [0.717, 1.165) is 6.92 Å². The largest absolute Gasteiger partial charge is 0.508 e. The Morgan fingerprint density at radius 3 is 1.17 bits per heavy atom. The number of phenolic OH excluding ortho intramolecular Hbond substituents is 1. The van der Waals surface area contributed by atoms with Crippen molar-refractivity contribution >= 4 is 118 Å². The molecule has 0 unspecified atom stereocenters. The van der Waals surface area contributed by atoms with Crippen molar-refractivity contribution in [2.45, 2.75) is 212 Å². The first kappa shape index (κ1) is 110. The fourth-order valence-corrected chi connectivity index (χ4v) is 11.1. The third kappa shape index (κ3) is 42.2. The molecule has 0 heterocycles. The second kappa shape index (κ2) is 58.1. The number of aliphatic imine (C=N–C) groups is 1. The number of nitrogens with zero attached hydrogens (tertiary/aromatic N) is 1. The van der Waals surface area contributed by atoms with E-state index in [1.165, 1.54) is 45.0 Å². The summed E-state index contributed by atoms with van der Waals surface area (Å²) in [5.74, 6) is -21.7. The molecular formula is C75H127N23O26. The van der Waals surface area contributed by atoms with Crippen LogP contribution in [0.1, 0.15) is 126 Å². The van der Waals surface area contributed by atoms with Crippen molar-refractivity contribution in [3.63, 3.8) is 0 Å². The number of nitrogens with one attached hydrogen (secondary N) is 18. The predicted octanol–water partition coefficient (Wildman–Crippen LogP) is -12.8. The molecule has 0 saturated heterocycles. The Morgan fingerprint density at radius 2 is 0.750 bits per heavy atom. The average molecular weight is 1770 g/mol. The molecule has 0 fully saturated rings. The molecule has 124 heavy (non-hydrogen) atoms. The van der Waals surface area contributed by atoms with Gasteiger partial charge in [0.05, 0.1) is 77.8 Å². The van der Waals surface area contributed by atoms with Crippen molar-refractivity contribution in [2.75, 3.05) is 78.8 Å². The van der Waals surface area contributed by atoms with Crippen LogP contribution >= 0.6 is 0 Å². The van der Waals surface area contributed by atoms with Crippen LogP contribution in [0.5, 0.6) is 5.75 Å². The van der Waals surface area contributed by atoms with Crippen molar-refractivity contribution in [1.29, 1.82) is 0 Å². The lowest BCUT2D eigenvalue weighted by Gasteiger charge is -2.30. The summed E-state index contributed by atoms with van der Waals surface area (Å²) in [6, 6.07) is -14.2. The van der Waals surface area contributed by atoms with E-state index in [1.54, 1.807) is 41.5 Å². The highest BCUT2D eigenvalue weighted by atomic mass is 16.4. The molecule has 16 atom stereocenters. The zero-order valence-corrected chi connectivity index (χ0v) is 71.2. The highest BCUT2D eigenvalue weighted by Gasteiger charge is 2.39. The molecule has 33 N–H and O–H groups in total. The summed E-state index contributed by atoms with van der Waals surface area (Å²) in [5, 5.41) is 112. The Balaban J connectivity index is 2.85. The molecule has 0 spiro atoms. The van der Waals surface area contributed by atoms with Crippen LogP contribution in [-0.2, 0) is 97.5 Å². The Kier molecular flexibility index (Phi) is 51.5. The number of aromatic hydroxyl groups is 1. The first-order valence-electron chi connectivity index (χ1n) is 40.2. The van der Waals surface area contributed by atoms with Gasteiger partial charge in [-0.1, -0.05) is 80.4 Å². The number of carbonyl (C=O) groups excluding carboxylic acids is 18. The van der Waals surface area contributed by atoms with Gasteiger partial charge in [-0.15, -0.1) is 0 Å². The van der Waals surface area contributed by atoms with Gasteiger partial charge in [0, 0.05) is 13.0 Å². The Hall–Kier alpha value is -12.1. The van der Waals surface area contributed by atoms with Crippen LogP contribution in [0.2, 0.25) is 0 Å². The molecule has 1 aromatic rings. The topological polar surface area (TPSA) is 799 Å². The van der Waals surface area contributed by atoms with Crippen LogP contribution in [0.3, 0.4) is 0 Å². The molecule has 49 heteroatoms. The monoisotopic (exact) mass is 1770 g/mol. The van der Waals surface area contributed by atoms with Crippen molar-refractivity contribution in [3.05, 3.63) is 29.8 Å². The number of guanidine groups is 1. The van der Waals surface area contributed by atoms with Gasteiger partial charge < -0.3 is 154 Å². The first-order valence-corrected chi connectivity index (χ1v) is 40.2. The van der Waals surface area contributed by atoms with Crippen LogP contribution in [0.15, 0.2) is 29.3 Å². The normalized spacial score (nSPS) is 14.9. The lowest BCUT2D eigenvalue weighted by molar-refractivity contribution is -0.142. The van der Waals surface area contributed by atoms with Crippen LogP contribution in [0.25, 0.3) is 0 Å². The number of amides is 18. The van der Waals surface area contributed by atoms with Crippen molar-refractivity contribution in [1.82, 2.24) is 95.7 Å². The molecule has 1 aromatic carbocycles. The summed E-state index contributed by atoms with van der Waals surface area (Å²) in [7, 11) is 0. The van der Waals surface area contributed by atoms with Gasteiger partial charge in [0.25, 0.3) is 0 Å². The zero-order chi connectivity index (χ0) is 94.2. The number of carboxylic acid groups (broad SMARTS) is 1. The predicted molar refractivity (Wildman–Crippen MR) is 440 cm³/mol. The van der Waals surface area contributed by atoms with Gasteiger partial charge in [-0.25, -0.2) is 4.79 Å². The number of hydrogen-bond donors (Lipinski definition) is 29. The molecule has 0 aromatic heterocycles. The van der Waals surface area contributed by atoms with E-state index in [2.05, 4.69) is 101 Å². The van der Waals surface area contributed by atoms with Crippen molar-refractivity contribution < 1.29 is 127 Å². The van der Waals surface area contributed by atoms with Gasteiger partial charge in [-0.3, -0.25) is 91.3 Å². The maximum Gasteiger partial charge on any atom is 0.326 e. The molecule has 0 aliphatic carbocycles. The SMILES string of the molecule is CC[C@H](C)[C@H](NC(=O)[C@H](C)NC(=O)[C@@H](N)CCCN=C(N)N)C(=O)NCC(=O)NCC(=O)NCC(=O)N[C@@H](CC(C)C)C(=O)N[C@@H](CO)C(=O)N[C@@H](CO)C(=O)N[C@H](C(=O)NCC(=O)NCC(=O)NCC(=O)N[C@@H](CO)C(=O)N[C@@H](CO)C(=O)N[C@H](C(=O)N[C@H](C(=O)N[C@@H](CCCCN)C(=O)N[C@@H](Cc1ccc(O)cc1)C(=O)O)[C@@H](C)CC)[C@@H](C)O)C(C)C. The third-order valence-corrected chi connectivity index (χ3v) is 18.8. The maximum absolute atomic E-state index is 14.0. The quantitative estimate of drug-likeness (QED) is 0.0164. The van der Waals surface area contributed by atoms with Crippen molar-refractivity contribution in [3.8, 4) is 5.75 Å². The zero-order valence-electron chi connectivity index (χ0n) is 71.2. The number of benzene rings is 1. The minimum Gasteiger partial charge on any atom is -0.508 e. The number of aliphatic hydroxyl groups excluding tert-OH is 5. The lowest BCUT2D eigenvalue weighted by Crippen LogP contribution is -2.63. The number of hydrogen-bond acceptors (Lipinski definition) is 28. The Bertz CT molecular complexity index is 3780. The molecule has 1 rings (SSSR count). The van der Waals surface area contributed by atoms with Gasteiger partial charge in [0.1, 0.15) is 78.3 Å². The first-order chi connectivity index (χ1) is 58.3. The Morgan fingerprint density at radius 1 is 0.387 bits per heavy atom. The molecule has 0 bridgehead atoms. The molecule has 0 aliphatic rings. The van der Waals surface area contributed by atoms with Crippen LogP contribution in [0.4, 0.5) is 0 Å². The van der Waals surface area contributed by atoms with Gasteiger partial charge >= 0.3 is 5.97 Å². The Labute approximate surface area is 715 Å². The second-order valence-corrected chi connectivity index (χ2v) is 29.9. The van der Waals surface area contributed by atoms with E-state index in [1.807, 2.05) is 0 Å². The molecule has 0 aliphatic heterocycles. The number of aliphatic carboxylic acids is 1. The van der Waals surface area contributed by atoms with Gasteiger partial charge in [0.2, 0.25) is 106 Å². The number of carbonyl (C=O) groups is 19. The van der Waals surface area contributed by atoms with E-state index < -0.39 is 280 Å². The van der Waals surface area contributed by atoms with Crippen LogP contribution in [0, 0.1) is 23.7 Å². The van der Waals surface area contributed by atoms with Gasteiger partial charge in [-0.05, 0) is 100 Å². The molecule has 49 nitrogen and oxygen atoms in total. The fourth-order valence-electron chi connectivity index (χ4n) is 11.1. The minimum atomic E-state index is -1.94. The van der Waals surface area contributed by atoms with E-state index in [-0.39, 0.29) is 62.8 Å².